The number of hydrogen-bond donors (Lipinski definition) is 0. The molecule has 0 aromatic carbocycles. The van der Waals surface area contributed by atoms with Crippen LogP contribution in [-0.4, -0.2) is 21.7 Å². The lowest BCUT2D eigenvalue weighted by Crippen LogP contribution is -2.23. The van der Waals surface area contributed by atoms with E-state index in [0.29, 0.717) is 18.9 Å². The zero-order chi connectivity index (χ0) is 12.3. The SMILES string of the molecule is CCN(Cc1ccco1)c1nc(Cl)nnc1Cl. The molecule has 2 heterocycles. The lowest BCUT2D eigenvalue weighted by molar-refractivity contribution is 0.502. The van der Waals surface area contributed by atoms with E-state index < -0.39 is 0 Å². The van der Waals surface area contributed by atoms with Crippen molar-refractivity contribution in [3.63, 3.8) is 0 Å². The minimum absolute atomic E-state index is 0.0716. The van der Waals surface area contributed by atoms with Gasteiger partial charge in [-0.1, -0.05) is 11.6 Å². The quantitative estimate of drug-likeness (QED) is 0.857. The maximum absolute atomic E-state index is 5.94. The first kappa shape index (κ1) is 12.1. The normalized spacial score (nSPS) is 10.5. The molecule has 5 nitrogen and oxygen atoms in total. The van der Waals surface area contributed by atoms with Crippen molar-refractivity contribution in [1.82, 2.24) is 15.2 Å². The van der Waals surface area contributed by atoms with Crippen molar-refractivity contribution in [1.29, 1.82) is 0 Å². The summed E-state index contributed by atoms with van der Waals surface area (Å²) in [6.45, 7) is 3.24. The summed E-state index contributed by atoms with van der Waals surface area (Å²) in [5.41, 5.74) is 0. The number of aromatic nitrogens is 3. The van der Waals surface area contributed by atoms with Gasteiger partial charge in [0, 0.05) is 6.54 Å². The molecule has 2 rings (SSSR count). The highest BCUT2D eigenvalue weighted by Gasteiger charge is 2.14. The Kier molecular flexibility index (Phi) is 3.81. The van der Waals surface area contributed by atoms with Gasteiger partial charge in [-0.3, -0.25) is 0 Å². The summed E-state index contributed by atoms with van der Waals surface area (Å²) in [4.78, 5) is 5.97. The maximum atomic E-state index is 5.94. The molecule has 0 fully saturated rings. The van der Waals surface area contributed by atoms with E-state index in [2.05, 4.69) is 15.2 Å². The first-order chi connectivity index (χ1) is 8.20. The predicted octanol–water partition coefficient (Wildman–Crippen LogP) is 2.80. The van der Waals surface area contributed by atoms with E-state index >= 15 is 0 Å². The summed E-state index contributed by atoms with van der Waals surface area (Å²) in [6.07, 6.45) is 1.62. The van der Waals surface area contributed by atoms with Gasteiger partial charge in [0.25, 0.3) is 0 Å². The highest BCUT2D eigenvalue weighted by Crippen LogP contribution is 2.23. The van der Waals surface area contributed by atoms with Crippen LogP contribution in [0.4, 0.5) is 5.82 Å². The second-order valence-electron chi connectivity index (χ2n) is 3.29. The average Bonchev–Trinajstić information content (AvgIpc) is 2.82. The van der Waals surface area contributed by atoms with Gasteiger partial charge in [0.05, 0.1) is 12.8 Å². The van der Waals surface area contributed by atoms with Crippen molar-refractivity contribution in [2.45, 2.75) is 13.5 Å². The standard InChI is InChI=1S/C10H10Cl2N4O/c1-2-16(6-7-4-3-5-17-7)9-8(11)14-15-10(12)13-9/h3-5H,2,6H2,1H3. The molecule has 2 aromatic heterocycles. The van der Waals surface area contributed by atoms with E-state index in [1.165, 1.54) is 0 Å². The molecule has 0 radical (unpaired) electrons. The molecule has 0 aliphatic rings. The van der Waals surface area contributed by atoms with Crippen LogP contribution in [0.3, 0.4) is 0 Å². The third kappa shape index (κ3) is 2.87. The average molecular weight is 273 g/mol. The summed E-state index contributed by atoms with van der Waals surface area (Å²) < 4.78 is 5.28. The Morgan fingerprint density at radius 3 is 2.82 bits per heavy atom. The highest BCUT2D eigenvalue weighted by atomic mass is 35.5. The van der Waals surface area contributed by atoms with Crippen LogP contribution in [0.25, 0.3) is 0 Å². The maximum Gasteiger partial charge on any atom is 0.245 e. The molecule has 0 N–H and O–H groups in total. The van der Waals surface area contributed by atoms with Crippen molar-refractivity contribution >= 4 is 29.0 Å². The van der Waals surface area contributed by atoms with Gasteiger partial charge in [0.1, 0.15) is 5.76 Å². The van der Waals surface area contributed by atoms with Crippen LogP contribution < -0.4 is 4.90 Å². The number of hydrogen-bond acceptors (Lipinski definition) is 5. The molecule has 0 unspecified atom stereocenters. The monoisotopic (exact) mass is 272 g/mol. The number of nitrogens with zero attached hydrogens (tertiary/aromatic N) is 4. The van der Waals surface area contributed by atoms with Gasteiger partial charge >= 0.3 is 0 Å². The third-order valence-electron chi connectivity index (χ3n) is 2.21. The summed E-state index contributed by atoms with van der Waals surface area (Å²) in [5, 5.41) is 7.60. The van der Waals surface area contributed by atoms with E-state index in [0.717, 1.165) is 5.76 Å². The predicted molar refractivity (Wildman–Crippen MR) is 65.3 cm³/mol. The molecule has 17 heavy (non-hydrogen) atoms. The summed E-state index contributed by atoms with van der Waals surface area (Å²) in [5.74, 6) is 1.32. The smallest absolute Gasteiger partial charge is 0.245 e. The van der Waals surface area contributed by atoms with Gasteiger partial charge in [-0.05, 0) is 30.7 Å². The molecule has 90 valence electrons. The minimum Gasteiger partial charge on any atom is -0.467 e. The summed E-state index contributed by atoms with van der Waals surface area (Å²) in [7, 11) is 0. The number of halogens is 2. The Morgan fingerprint density at radius 1 is 1.35 bits per heavy atom. The Labute approximate surface area is 108 Å². The second-order valence-corrected chi connectivity index (χ2v) is 3.98. The van der Waals surface area contributed by atoms with Crippen molar-refractivity contribution in [3.8, 4) is 0 Å². The minimum atomic E-state index is 0.0716. The number of anilines is 1. The summed E-state index contributed by atoms with van der Waals surface area (Å²) >= 11 is 11.6. The van der Waals surface area contributed by atoms with Crippen LogP contribution in [0.15, 0.2) is 22.8 Å². The van der Waals surface area contributed by atoms with Gasteiger partial charge in [-0.15, -0.1) is 10.2 Å². The Morgan fingerprint density at radius 2 is 2.18 bits per heavy atom. The van der Waals surface area contributed by atoms with Crippen LogP contribution in [0.1, 0.15) is 12.7 Å². The Balaban J connectivity index is 2.25. The largest absolute Gasteiger partial charge is 0.467 e. The lowest BCUT2D eigenvalue weighted by atomic mass is 10.4. The van der Waals surface area contributed by atoms with Crippen LogP contribution in [0.2, 0.25) is 10.4 Å². The van der Waals surface area contributed by atoms with Crippen LogP contribution >= 0.6 is 23.2 Å². The van der Waals surface area contributed by atoms with Crippen LogP contribution in [0.5, 0.6) is 0 Å². The van der Waals surface area contributed by atoms with Crippen molar-refractivity contribution in [3.05, 3.63) is 34.6 Å². The Bertz CT molecular complexity index is 489. The molecule has 0 atom stereocenters. The molecule has 0 saturated heterocycles. The van der Waals surface area contributed by atoms with Crippen LogP contribution in [0, 0.1) is 0 Å². The fraction of sp³-hybridized carbons (Fsp3) is 0.300. The lowest BCUT2D eigenvalue weighted by Gasteiger charge is -2.20. The van der Waals surface area contributed by atoms with Crippen molar-refractivity contribution in [2.24, 2.45) is 0 Å². The van der Waals surface area contributed by atoms with Crippen molar-refractivity contribution in [2.75, 3.05) is 11.4 Å². The highest BCUT2D eigenvalue weighted by molar-refractivity contribution is 6.32. The molecule has 0 aliphatic carbocycles. The summed E-state index contributed by atoms with van der Waals surface area (Å²) in [6, 6.07) is 3.71. The van der Waals surface area contributed by atoms with Gasteiger partial charge in [-0.25, -0.2) is 0 Å². The molecule has 0 bridgehead atoms. The molecule has 7 heteroatoms. The van der Waals surface area contributed by atoms with E-state index in [9.17, 15) is 0 Å². The zero-order valence-corrected chi connectivity index (χ0v) is 10.6. The zero-order valence-electron chi connectivity index (χ0n) is 9.10. The van der Waals surface area contributed by atoms with Gasteiger partial charge < -0.3 is 9.32 Å². The van der Waals surface area contributed by atoms with Gasteiger partial charge in [-0.2, -0.15) is 4.98 Å². The van der Waals surface area contributed by atoms with Crippen molar-refractivity contribution < 1.29 is 4.42 Å². The topological polar surface area (TPSA) is 55.1 Å². The third-order valence-corrected chi connectivity index (χ3v) is 2.62. The second kappa shape index (κ2) is 5.33. The van der Waals surface area contributed by atoms with E-state index in [4.69, 9.17) is 27.6 Å². The first-order valence-corrected chi connectivity index (χ1v) is 5.79. The van der Waals surface area contributed by atoms with Gasteiger partial charge in [0.2, 0.25) is 5.28 Å². The number of furan rings is 1. The van der Waals surface area contributed by atoms with Crippen LogP contribution in [-0.2, 0) is 6.54 Å². The molecule has 2 aromatic rings. The molecule has 0 aliphatic heterocycles. The molecule has 0 saturated carbocycles. The van der Waals surface area contributed by atoms with E-state index in [1.807, 2.05) is 24.0 Å². The fourth-order valence-corrected chi connectivity index (χ4v) is 1.73. The molecule has 0 amide bonds. The fourth-order valence-electron chi connectivity index (χ4n) is 1.41. The molecular weight excluding hydrogens is 263 g/mol. The first-order valence-electron chi connectivity index (χ1n) is 5.03. The molecular formula is C10H10Cl2N4O. The molecule has 0 spiro atoms. The Hall–Kier alpha value is -1.33. The van der Waals surface area contributed by atoms with E-state index in [1.54, 1.807) is 6.26 Å². The van der Waals surface area contributed by atoms with E-state index in [-0.39, 0.29) is 10.4 Å². The number of rotatable bonds is 4. The van der Waals surface area contributed by atoms with Gasteiger partial charge in [0.15, 0.2) is 11.0 Å².